The Hall–Kier alpha value is -2.99. The minimum absolute atomic E-state index is 0.126. The zero-order chi connectivity index (χ0) is 18.4. The molecule has 1 aromatic carbocycles. The van der Waals surface area contributed by atoms with Crippen LogP contribution in [-0.4, -0.2) is 23.2 Å². The van der Waals surface area contributed by atoms with Gasteiger partial charge in [0.1, 0.15) is 11.4 Å². The number of aromatic nitrogens is 1. The maximum Gasteiger partial charge on any atom is 0.289 e. The molecular formula is C20H19N3O2S. The molecule has 0 aliphatic carbocycles. The third kappa shape index (κ3) is 4.77. The number of nitrogens with one attached hydrogen (secondary N) is 1. The van der Waals surface area contributed by atoms with E-state index in [4.69, 9.17) is 4.74 Å². The molecule has 2 heterocycles. The lowest BCUT2D eigenvalue weighted by Crippen LogP contribution is -2.19. The van der Waals surface area contributed by atoms with E-state index in [1.807, 2.05) is 61.7 Å². The Bertz CT molecular complexity index is 888. The number of amides is 1. The topological polar surface area (TPSA) is 63.6 Å². The molecule has 26 heavy (non-hydrogen) atoms. The van der Waals surface area contributed by atoms with E-state index in [1.54, 1.807) is 29.7 Å². The molecule has 2 aromatic heterocycles. The molecule has 5 nitrogen and oxygen atoms in total. The number of hydrazone groups is 1. The fraction of sp³-hybridized carbons (Fsp3) is 0.150. The Morgan fingerprint density at radius 3 is 2.65 bits per heavy atom. The molecule has 0 bridgehead atoms. The summed E-state index contributed by atoms with van der Waals surface area (Å²) < 4.78 is 5.64. The number of ether oxygens (including phenoxy) is 1. The van der Waals surface area contributed by atoms with Gasteiger partial charge in [-0.1, -0.05) is 12.1 Å². The molecule has 3 aromatic rings. The van der Waals surface area contributed by atoms with E-state index in [2.05, 4.69) is 15.5 Å². The molecule has 1 amide bonds. The van der Waals surface area contributed by atoms with E-state index in [1.165, 1.54) is 0 Å². The van der Waals surface area contributed by atoms with Gasteiger partial charge < -0.3 is 4.74 Å². The van der Waals surface area contributed by atoms with Gasteiger partial charge >= 0.3 is 0 Å². The van der Waals surface area contributed by atoms with Crippen molar-refractivity contribution in [1.82, 2.24) is 10.4 Å². The van der Waals surface area contributed by atoms with Gasteiger partial charge in [0.05, 0.1) is 18.0 Å². The van der Waals surface area contributed by atoms with E-state index in [-0.39, 0.29) is 12.0 Å². The van der Waals surface area contributed by atoms with E-state index < -0.39 is 0 Å². The summed E-state index contributed by atoms with van der Waals surface area (Å²) in [4.78, 5) is 17.6. The normalized spacial score (nSPS) is 11.0. The quantitative estimate of drug-likeness (QED) is 0.521. The molecule has 0 saturated carbocycles. The van der Waals surface area contributed by atoms with Gasteiger partial charge in [-0.3, -0.25) is 4.79 Å². The molecule has 6 heteroatoms. The second kappa shape index (κ2) is 8.40. The summed E-state index contributed by atoms with van der Waals surface area (Å²) in [5.41, 5.74) is 4.45. The molecule has 0 aliphatic rings. The number of pyridine rings is 1. The Morgan fingerprint density at radius 1 is 1.15 bits per heavy atom. The smallest absolute Gasteiger partial charge is 0.289 e. The molecule has 0 unspecified atom stereocenters. The molecular weight excluding hydrogens is 346 g/mol. The lowest BCUT2D eigenvalue weighted by atomic mass is 10.1. The first-order chi connectivity index (χ1) is 12.6. The van der Waals surface area contributed by atoms with Gasteiger partial charge in [-0.05, 0) is 61.7 Å². The van der Waals surface area contributed by atoms with Gasteiger partial charge in [-0.25, -0.2) is 10.4 Å². The maximum absolute atomic E-state index is 12.2. The van der Waals surface area contributed by atoms with Crippen LogP contribution in [-0.2, 0) is 0 Å². The summed E-state index contributed by atoms with van der Waals surface area (Å²) in [6, 6.07) is 16.8. The van der Waals surface area contributed by atoms with Gasteiger partial charge in [0, 0.05) is 10.4 Å². The van der Waals surface area contributed by atoms with Crippen LogP contribution in [0.1, 0.15) is 29.2 Å². The van der Waals surface area contributed by atoms with Crippen LogP contribution in [0.5, 0.6) is 5.75 Å². The minimum atomic E-state index is -0.348. The van der Waals surface area contributed by atoms with Gasteiger partial charge in [-0.15, -0.1) is 11.3 Å². The number of carbonyl (C=O) groups is 1. The van der Waals surface area contributed by atoms with Crippen LogP contribution in [0.3, 0.4) is 0 Å². The van der Waals surface area contributed by atoms with Crippen molar-refractivity contribution in [3.63, 3.8) is 0 Å². The molecule has 132 valence electrons. The summed E-state index contributed by atoms with van der Waals surface area (Å²) in [7, 11) is 0. The molecule has 1 N–H and O–H groups in total. The highest BCUT2D eigenvalue weighted by Crippen LogP contribution is 2.21. The van der Waals surface area contributed by atoms with E-state index in [9.17, 15) is 4.79 Å². The average Bonchev–Trinajstić information content (AvgIpc) is 3.15. The first kappa shape index (κ1) is 17.8. The van der Waals surface area contributed by atoms with Crippen molar-refractivity contribution >= 4 is 23.5 Å². The predicted molar refractivity (Wildman–Crippen MR) is 105 cm³/mol. The number of carbonyl (C=O) groups excluding carboxylic acids is 1. The number of hydrogen-bond donors (Lipinski definition) is 1. The third-order valence-electron chi connectivity index (χ3n) is 3.40. The zero-order valence-corrected chi connectivity index (χ0v) is 15.4. The highest BCUT2D eigenvalue weighted by molar-refractivity contribution is 7.11. The van der Waals surface area contributed by atoms with Crippen molar-refractivity contribution in [2.75, 3.05) is 0 Å². The SMILES string of the molecule is CC(C)Oc1ccc(-c2cccc(C(=O)N/N=C/c3cccs3)n2)cc1. The van der Waals surface area contributed by atoms with Crippen LogP contribution >= 0.6 is 11.3 Å². The molecule has 0 atom stereocenters. The van der Waals surface area contributed by atoms with Crippen molar-refractivity contribution in [1.29, 1.82) is 0 Å². The van der Waals surface area contributed by atoms with Gasteiger partial charge in [0.15, 0.2) is 0 Å². The number of thiophene rings is 1. The second-order valence-corrected chi connectivity index (χ2v) is 6.79. The van der Waals surface area contributed by atoms with Crippen molar-refractivity contribution in [3.8, 4) is 17.0 Å². The van der Waals surface area contributed by atoms with Gasteiger partial charge in [0.2, 0.25) is 0 Å². The van der Waals surface area contributed by atoms with Gasteiger partial charge in [0.25, 0.3) is 5.91 Å². The summed E-state index contributed by atoms with van der Waals surface area (Å²) in [6.45, 7) is 3.97. The van der Waals surface area contributed by atoms with Crippen molar-refractivity contribution in [2.45, 2.75) is 20.0 Å². The minimum Gasteiger partial charge on any atom is -0.491 e. The summed E-state index contributed by atoms with van der Waals surface area (Å²) in [6.07, 6.45) is 1.74. The highest BCUT2D eigenvalue weighted by atomic mass is 32.1. The molecule has 0 fully saturated rings. The molecule has 0 saturated heterocycles. The molecule has 0 spiro atoms. The zero-order valence-electron chi connectivity index (χ0n) is 14.5. The third-order valence-corrected chi connectivity index (χ3v) is 4.21. The highest BCUT2D eigenvalue weighted by Gasteiger charge is 2.08. The summed E-state index contributed by atoms with van der Waals surface area (Å²) in [5, 5.41) is 5.91. The van der Waals surface area contributed by atoms with Crippen LogP contribution in [0.25, 0.3) is 11.3 Å². The summed E-state index contributed by atoms with van der Waals surface area (Å²) >= 11 is 1.55. The van der Waals surface area contributed by atoms with Gasteiger partial charge in [-0.2, -0.15) is 5.10 Å². The second-order valence-electron chi connectivity index (χ2n) is 5.81. The van der Waals surface area contributed by atoms with E-state index >= 15 is 0 Å². The maximum atomic E-state index is 12.2. The van der Waals surface area contributed by atoms with Crippen molar-refractivity contribution in [3.05, 3.63) is 70.5 Å². The number of nitrogens with zero attached hydrogens (tertiary/aromatic N) is 2. The lowest BCUT2D eigenvalue weighted by molar-refractivity contribution is 0.0950. The van der Waals surface area contributed by atoms with Crippen LogP contribution in [0, 0.1) is 0 Å². The van der Waals surface area contributed by atoms with Crippen LogP contribution in [0.2, 0.25) is 0 Å². The van der Waals surface area contributed by atoms with E-state index in [0.29, 0.717) is 5.69 Å². The van der Waals surface area contributed by atoms with Crippen molar-refractivity contribution < 1.29 is 9.53 Å². The number of hydrogen-bond acceptors (Lipinski definition) is 5. The van der Waals surface area contributed by atoms with Crippen LogP contribution in [0.4, 0.5) is 0 Å². The van der Waals surface area contributed by atoms with Crippen molar-refractivity contribution in [2.24, 2.45) is 5.10 Å². The first-order valence-corrected chi connectivity index (χ1v) is 9.11. The standard InChI is InChI=1S/C20H19N3O2S/c1-14(2)25-16-10-8-15(9-11-16)18-6-3-7-19(22-18)20(24)23-21-13-17-5-4-12-26-17/h3-14H,1-2H3,(H,23,24)/b21-13+. The monoisotopic (exact) mass is 365 g/mol. The summed E-state index contributed by atoms with van der Waals surface area (Å²) in [5.74, 6) is 0.458. The Kier molecular flexibility index (Phi) is 5.76. The van der Waals surface area contributed by atoms with Crippen LogP contribution < -0.4 is 10.2 Å². The van der Waals surface area contributed by atoms with Crippen LogP contribution in [0.15, 0.2) is 65.1 Å². The lowest BCUT2D eigenvalue weighted by Gasteiger charge is -2.10. The molecule has 0 radical (unpaired) electrons. The molecule has 3 rings (SSSR count). The fourth-order valence-corrected chi connectivity index (χ4v) is 2.86. The Labute approximate surface area is 156 Å². The Morgan fingerprint density at radius 2 is 1.96 bits per heavy atom. The fourth-order valence-electron chi connectivity index (χ4n) is 2.27. The Balaban J connectivity index is 1.70. The first-order valence-electron chi connectivity index (χ1n) is 8.23. The largest absolute Gasteiger partial charge is 0.491 e. The number of benzene rings is 1. The molecule has 0 aliphatic heterocycles. The average molecular weight is 365 g/mol. The predicted octanol–water partition coefficient (Wildman–Crippen LogP) is 4.36. The number of rotatable bonds is 6. The van der Waals surface area contributed by atoms with E-state index in [0.717, 1.165) is 21.9 Å².